The molecule has 2 aromatic rings. The first kappa shape index (κ1) is 14.6. The molecule has 0 spiro atoms. The Kier molecular flexibility index (Phi) is 3.34. The van der Waals surface area contributed by atoms with E-state index < -0.39 is 0 Å². The van der Waals surface area contributed by atoms with Crippen LogP contribution in [0.15, 0.2) is 53.7 Å². The second-order valence-corrected chi connectivity index (χ2v) is 7.22. The quantitative estimate of drug-likeness (QED) is 0.865. The standard InChI is InChI=1S/C22H20N2O/c25-22-20(2-1-9-23-22)17-6-5-15(11-17)16-7-8-19-18(12-16)13-24-21(19)10-14-3-4-14/h1-2,6-9,11-14,21H,3-5,10H2,(H,23,25). The van der Waals surface area contributed by atoms with Crippen LogP contribution in [0.2, 0.25) is 0 Å². The van der Waals surface area contributed by atoms with E-state index in [-0.39, 0.29) is 5.88 Å². The van der Waals surface area contributed by atoms with E-state index in [1.807, 2.05) is 18.3 Å². The Balaban J connectivity index is 1.41. The van der Waals surface area contributed by atoms with Crippen molar-refractivity contribution in [2.45, 2.75) is 31.7 Å². The molecule has 2 heterocycles. The Morgan fingerprint density at radius 2 is 2.08 bits per heavy atom. The highest BCUT2D eigenvalue weighted by molar-refractivity contribution is 5.92. The summed E-state index contributed by atoms with van der Waals surface area (Å²) in [6.45, 7) is 0. The van der Waals surface area contributed by atoms with Crippen molar-refractivity contribution in [1.29, 1.82) is 0 Å². The second kappa shape index (κ2) is 5.69. The molecule has 1 aromatic heterocycles. The van der Waals surface area contributed by atoms with E-state index >= 15 is 0 Å². The maximum Gasteiger partial charge on any atom is 0.218 e. The normalized spacial score (nSPS) is 21.2. The molecule has 1 N–H and O–H groups in total. The van der Waals surface area contributed by atoms with E-state index in [0.29, 0.717) is 6.04 Å². The topological polar surface area (TPSA) is 45.5 Å². The third-order valence-corrected chi connectivity index (χ3v) is 5.43. The van der Waals surface area contributed by atoms with Crippen LogP contribution in [0.4, 0.5) is 0 Å². The van der Waals surface area contributed by atoms with E-state index in [4.69, 9.17) is 4.99 Å². The number of hydrogen-bond acceptors (Lipinski definition) is 3. The van der Waals surface area contributed by atoms with Gasteiger partial charge in [0, 0.05) is 18.0 Å². The minimum absolute atomic E-state index is 0.0928. The second-order valence-electron chi connectivity index (χ2n) is 7.22. The largest absolute Gasteiger partial charge is 0.493 e. The average molecular weight is 328 g/mol. The molecule has 1 aliphatic heterocycles. The first-order valence-corrected chi connectivity index (χ1v) is 9.00. The first-order valence-electron chi connectivity index (χ1n) is 9.00. The number of rotatable bonds is 4. The molecule has 2 aliphatic carbocycles. The molecule has 1 saturated carbocycles. The van der Waals surface area contributed by atoms with Crippen LogP contribution in [0.1, 0.15) is 54.0 Å². The maximum atomic E-state index is 9.96. The molecule has 3 aliphatic rings. The summed E-state index contributed by atoms with van der Waals surface area (Å²) >= 11 is 0. The van der Waals surface area contributed by atoms with Gasteiger partial charge in [-0.15, -0.1) is 0 Å². The minimum Gasteiger partial charge on any atom is -0.493 e. The van der Waals surface area contributed by atoms with Crippen molar-refractivity contribution in [3.05, 3.63) is 70.9 Å². The predicted octanol–water partition coefficient (Wildman–Crippen LogP) is 4.93. The zero-order chi connectivity index (χ0) is 16.8. The minimum atomic E-state index is 0.0928. The zero-order valence-electron chi connectivity index (χ0n) is 14.0. The molecular weight excluding hydrogens is 308 g/mol. The van der Waals surface area contributed by atoms with Gasteiger partial charge in [-0.2, -0.15) is 0 Å². The summed E-state index contributed by atoms with van der Waals surface area (Å²) in [6.07, 6.45) is 12.8. The van der Waals surface area contributed by atoms with Crippen molar-refractivity contribution < 1.29 is 5.11 Å². The van der Waals surface area contributed by atoms with Gasteiger partial charge in [-0.25, -0.2) is 4.98 Å². The molecule has 1 atom stereocenters. The zero-order valence-corrected chi connectivity index (χ0v) is 14.0. The van der Waals surface area contributed by atoms with Crippen molar-refractivity contribution >= 4 is 17.4 Å². The summed E-state index contributed by atoms with van der Waals surface area (Å²) in [6, 6.07) is 10.9. The van der Waals surface area contributed by atoms with Crippen LogP contribution in [0, 0.1) is 5.92 Å². The van der Waals surface area contributed by atoms with Gasteiger partial charge in [0.05, 0.1) is 6.04 Å². The Morgan fingerprint density at radius 1 is 1.16 bits per heavy atom. The van der Waals surface area contributed by atoms with Crippen molar-refractivity contribution in [3.63, 3.8) is 0 Å². The summed E-state index contributed by atoms with van der Waals surface area (Å²) in [7, 11) is 0. The summed E-state index contributed by atoms with van der Waals surface area (Å²) in [5, 5.41) is 9.96. The third kappa shape index (κ3) is 2.70. The lowest BCUT2D eigenvalue weighted by atomic mass is 9.95. The highest BCUT2D eigenvalue weighted by atomic mass is 16.3. The van der Waals surface area contributed by atoms with Crippen LogP contribution in [0.25, 0.3) is 11.1 Å². The number of aromatic hydroxyl groups is 1. The lowest BCUT2D eigenvalue weighted by Gasteiger charge is -2.10. The number of fused-ring (bicyclic) bond motifs is 1. The van der Waals surface area contributed by atoms with Crippen molar-refractivity contribution in [3.8, 4) is 5.88 Å². The average Bonchev–Trinajstić information content (AvgIpc) is 3.16. The Morgan fingerprint density at radius 3 is 2.92 bits per heavy atom. The molecule has 25 heavy (non-hydrogen) atoms. The van der Waals surface area contributed by atoms with Crippen LogP contribution in [-0.2, 0) is 0 Å². The fourth-order valence-electron chi connectivity index (χ4n) is 3.83. The lowest BCUT2D eigenvalue weighted by molar-refractivity contribution is 0.452. The van der Waals surface area contributed by atoms with Gasteiger partial charge in [-0.1, -0.05) is 37.1 Å². The fraction of sp³-hybridized carbons (Fsp3) is 0.273. The van der Waals surface area contributed by atoms with Gasteiger partial charge in [0.2, 0.25) is 5.88 Å². The Hall–Kier alpha value is -2.68. The number of hydrogen-bond donors (Lipinski definition) is 1. The Labute approximate surface area is 147 Å². The molecule has 1 aromatic carbocycles. The van der Waals surface area contributed by atoms with Gasteiger partial charge in [-0.3, -0.25) is 4.99 Å². The van der Waals surface area contributed by atoms with E-state index in [1.165, 1.54) is 41.5 Å². The van der Waals surface area contributed by atoms with Gasteiger partial charge >= 0.3 is 0 Å². The number of nitrogens with zero attached hydrogens (tertiary/aromatic N) is 2. The fourth-order valence-corrected chi connectivity index (χ4v) is 3.83. The van der Waals surface area contributed by atoms with E-state index in [2.05, 4.69) is 35.3 Å². The molecule has 1 fully saturated rings. The van der Waals surface area contributed by atoms with Crippen LogP contribution < -0.4 is 0 Å². The van der Waals surface area contributed by atoms with Crippen LogP contribution in [0.3, 0.4) is 0 Å². The Bertz CT molecular complexity index is 935. The number of benzene rings is 1. The molecule has 5 rings (SSSR count). The van der Waals surface area contributed by atoms with Gasteiger partial charge in [0.25, 0.3) is 0 Å². The predicted molar refractivity (Wildman–Crippen MR) is 101 cm³/mol. The molecule has 0 saturated heterocycles. The van der Waals surface area contributed by atoms with Crippen LogP contribution in [-0.4, -0.2) is 16.3 Å². The third-order valence-electron chi connectivity index (χ3n) is 5.43. The molecule has 3 heteroatoms. The van der Waals surface area contributed by atoms with Gasteiger partial charge in [0.1, 0.15) is 0 Å². The molecular formula is C22H20N2O. The highest BCUT2D eigenvalue weighted by Gasteiger charge is 2.29. The SMILES string of the molecule is Oc1ncccc1C1=CCC(c2ccc3c(c2)C=NC3CC2CC2)=C1. The van der Waals surface area contributed by atoms with Gasteiger partial charge in [-0.05, 0) is 64.8 Å². The van der Waals surface area contributed by atoms with Crippen molar-refractivity contribution in [2.24, 2.45) is 10.9 Å². The lowest BCUT2D eigenvalue weighted by Crippen LogP contribution is -1.95. The molecule has 3 nitrogen and oxygen atoms in total. The van der Waals surface area contributed by atoms with Crippen LogP contribution in [0.5, 0.6) is 5.88 Å². The van der Waals surface area contributed by atoms with Crippen molar-refractivity contribution in [2.75, 3.05) is 0 Å². The number of pyridine rings is 1. The summed E-state index contributed by atoms with van der Waals surface area (Å²) < 4.78 is 0. The molecule has 1 unspecified atom stereocenters. The van der Waals surface area contributed by atoms with Crippen molar-refractivity contribution in [1.82, 2.24) is 4.98 Å². The van der Waals surface area contributed by atoms with E-state index in [0.717, 1.165) is 23.5 Å². The maximum absolute atomic E-state index is 9.96. The van der Waals surface area contributed by atoms with E-state index in [1.54, 1.807) is 6.20 Å². The number of aromatic nitrogens is 1. The molecule has 0 bridgehead atoms. The molecule has 0 radical (unpaired) electrons. The molecule has 124 valence electrons. The number of aliphatic imine (C=N–C) groups is 1. The molecule has 0 amide bonds. The highest BCUT2D eigenvalue weighted by Crippen LogP contribution is 2.42. The summed E-state index contributed by atoms with van der Waals surface area (Å²) in [5.41, 5.74) is 7.01. The summed E-state index contributed by atoms with van der Waals surface area (Å²) in [5.74, 6) is 0.986. The van der Waals surface area contributed by atoms with Crippen LogP contribution >= 0.6 is 0 Å². The van der Waals surface area contributed by atoms with E-state index in [9.17, 15) is 5.11 Å². The van der Waals surface area contributed by atoms with Gasteiger partial charge in [0.15, 0.2) is 0 Å². The number of allylic oxidation sites excluding steroid dienone is 4. The summed E-state index contributed by atoms with van der Waals surface area (Å²) in [4.78, 5) is 8.70. The monoisotopic (exact) mass is 328 g/mol. The van der Waals surface area contributed by atoms with Gasteiger partial charge < -0.3 is 5.11 Å². The smallest absolute Gasteiger partial charge is 0.218 e. The first-order chi connectivity index (χ1) is 12.3.